The number of hydrogen-bond acceptors (Lipinski definition) is 8. The third-order valence-corrected chi connectivity index (χ3v) is 7.67. The molecule has 0 saturated carbocycles. The van der Waals surface area contributed by atoms with Crippen LogP contribution < -0.4 is 10.1 Å². The number of rotatable bonds is 9. The number of thioether (sulfide) groups is 1. The van der Waals surface area contributed by atoms with Crippen molar-refractivity contribution in [2.24, 2.45) is 7.05 Å². The molecule has 0 unspecified atom stereocenters. The first-order valence-corrected chi connectivity index (χ1v) is 13.4. The molecule has 2 heterocycles. The van der Waals surface area contributed by atoms with Crippen molar-refractivity contribution in [3.8, 4) is 16.9 Å². The third kappa shape index (κ3) is 6.20. The Labute approximate surface area is 224 Å². The van der Waals surface area contributed by atoms with Crippen LogP contribution >= 0.6 is 23.1 Å². The van der Waals surface area contributed by atoms with E-state index in [4.69, 9.17) is 9.47 Å². The lowest BCUT2D eigenvalue weighted by Crippen LogP contribution is -2.16. The van der Waals surface area contributed by atoms with E-state index in [0.29, 0.717) is 21.5 Å². The molecule has 0 aliphatic heterocycles. The Morgan fingerprint density at radius 2 is 1.78 bits per heavy atom. The number of hydrogen-bond donors (Lipinski definition) is 1. The molecule has 10 heteroatoms. The summed E-state index contributed by atoms with van der Waals surface area (Å²) in [6.07, 6.45) is 0. The molecule has 0 bridgehead atoms. The first kappa shape index (κ1) is 26.4. The van der Waals surface area contributed by atoms with Gasteiger partial charge < -0.3 is 19.4 Å². The first-order valence-electron chi connectivity index (χ1n) is 11.5. The van der Waals surface area contributed by atoms with Gasteiger partial charge in [-0.1, -0.05) is 53.7 Å². The molecule has 1 N–H and O–H groups in total. The average Bonchev–Trinajstić information content (AvgIpc) is 3.46. The molecule has 0 spiro atoms. The second-order valence-electron chi connectivity index (χ2n) is 8.56. The fourth-order valence-electron chi connectivity index (χ4n) is 3.59. The molecule has 1 amide bonds. The molecule has 0 aliphatic carbocycles. The van der Waals surface area contributed by atoms with Crippen LogP contribution in [0.2, 0.25) is 0 Å². The van der Waals surface area contributed by atoms with Crippen molar-refractivity contribution in [1.29, 1.82) is 0 Å². The average molecular weight is 537 g/mol. The molecule has 4 rings (SSSR count). The van der Waals surface area contributed by atoms with Gasteiger partial charge in [-0.2, -0.15) is 0 Å². The molecule has 2 aromatic carbocycles. The maximum Gasteiger partial charge on any atom is 0.341 e. The molecular weight excluding hydrogens is 508 g/mol. The van der Waals surface area contributed by atoms with E-state index in [0.717, 1.165) is 33.6 Å². The summed E-state index contributed by atoms with van der Waals surface area (Å²) >= 11 is 2.55. The van der Waals surface area contributed by atoms with E-state index in [-0.39, 0.29) is 18.3 Å². The Bertz CT molecular complexity index is 1430. The highest BCUT2D eigenvalue weighted by molar-refractivity contribution is 7.99. The number of carbonyl (C=O) groups is 2. The largest absolute Gasteiger partial charge is 0.485 e. The van der Waals surface area contributed by atoms with Crippen LogP contribution in [-0.2, 0) is 23.2 Å². The van der Waals surface area contributed by atoms with Crippen molar-refractivity contribution in [1.82, 2.24) is 14.8 Å². The molecule has 37 heavy (non-hydrogen) atoms. The van der Waals surface area contributed by atoms with Crippen molar-refractivity contribution in [3.63, 3.8) is 0 Å². The molecule has 0 fully saturated rings. The maximum atomic E-state index is 12.8. The molecule has 2 aromatic heterocycles. The van der Waals surface area contributed by atoms with Gasteiger partial charge in [-0.05, 0) is 43.5 Å². The topological polar surface area (TPSA) is 95.3 Å². The summed E-state index contributed by atoms with van der Waals surface area (Å²) in [5.41, 5.74) is 5.23. The van der Waals surface area contributed by atoms with Crippen LogP contribution in [-0.4, -0.2) is 39.5 Å². The highest BCUT2D eigenvalue weighted by Crippen LogP contribution is 2.36. The number of aromatic nitrogens is 3. The highest BCUT2D eigenvalue weighted by atomic mass is 32.2. The molecule has 0 radical (unpaired) electrons. The van der Waals surface area contributed by atoms with E-state index in [1.807, 2.05) is 80.2 Å². The fraction of sp³-hybridized carbons (Fsp3) is 0.259. The van der Waals surface area contributed by atoms with Crippen LogP contribution in [0.4, 0.5) is 5.00 Å². The lowest BCUT2D eigenvalue weighted by atomic mass is 10.0. The van der Waals surface area contributed by atoms with Gasteiger partial charge in [0.25, 0.3) is 0 Å². The number of nitrogens with one attached hydrogen (secondary N) is 1. The number of esters is 1. The van der Waals surface area contributed by atoms with Crippen LogP contribution in [0.25, 0.3) is 11.1 Å². The van der Waals surface area contributed by atoms with Gasteiger partial charge in [0.05, 0.1) is 12.9 Å². The predicted molar refractivity (Wildman–Crippen MR) is 146 cm³/mol. The molecule has 0 aliphatic rings. The zero-order valence-corrected chi connectivity index (χ0v) is 23.0. The van der Waals surface area contributed by atoms with Crippen LogP contribution in [0.15, 0.2) is 53.0 Å². The van der Waals surface area contributed by atoms with Gasteiger partial charge in [0, 0.05) is 18.0 Å². The Morgan fingerprint density at radius 3 is 2.51 bits per heavy atom. The van der Waals surface area contributed by atoms with Gasteiger partial charge in [-0.15, -0.1) is 21.5 Å². The summed E-state index contributed by atoms with van der Waals surface area (Å²) in [6, 6.07) is 13.9. The Hall–Kier alpha value is -3.63. The minimum Gasteiger partial charge on any atom is -0.485 e. The van der Waals surface area contributed by atoms with Crippen LogP contribution in [0.3, 0.4) is 0 Å². The molecule has 8 nitrogen and oxygen atoms in total. The van der Waals surface area contributed by atoms with Crippen molar-refractivity contribution < 1.29 is 19.1 Å². The summed E-state index contributed by atoms with van der Waals surface area (Å²) in [4.78, 5) is 25.3. The summed E-state index contributed by atoms with van der Waals surface area (Å²) in [6.45, 7) is 6.27. The van der Waals surface area contributed by atoms with E-state index >= 15 is 0 Å². The summed E-state index contributed by atoms with van der Waals surface area (Å²) < 4.78 is 12.7. The summed E-state index contributed by atoms with van der Waals surface area (Å²) in [7, 11) is 3.17. The Morgan fingerprint density at radius 1 is 1.05 bits per heavy atom. The van der Waals surface area contributed by atoms with Crippen LogP contribution in [0, 0.1) is 20.8 Å². The predicted octanol–water partition coefficient (Wildman–Crippen LogP) is 5.57. The molecule has 0 atom stereocenters. The van der Waals surface area contributed by atoms with Crippen molar-refractivity contribution in [2.75, 3.05) is 18.2 Å². The van der Waals surface area contributed by atoms with Crippen molar-refractivity contribution in [2.45, 2.75) is 32.5 Å². The lowest BCUT2D eigenvalue weighted by Gasteiger charge is -2.10. The number of nitrogens with zero attached hydrogens (tertiary/aromatic N) is 3. The number of carbonyl (C=O) groups excluding carboxylic acids is 2. The summed E-state index contributed by atoms with van der Waals surface area (Å²) in [5.74, 6) is 0.796. The SMILES string of the molecule is COC(=O)c1c(-c2ccc(C)cc2)csc1NC(=O)CSc1nnc(COc2cc(C)ccc2C)n1C. The molecular formula is C27H28N4O4S2. The maximum absolute atomic E-state index is 12.8. The monoisotopic (exact) mass is 536 g/mol. The van der Waals surface area contributed by atoms with Gasteiger partial charge >= 0.3 is 5.97 Å². The lowest BCUT2D eigenvalue weighted by molar-refractivity contribution is -0.113. The standard InChI is InChI=1S/C27H28N4O4S2/c1-16-7-10-19(11-8-16)20-14-36-25(24(20)26(33)34-5)28-23(32)15-37-27-30-29-22(31(27)4)13-35-21-12-17(2)6-9-18(21)3/h6-12,14H,13,15H2,1-5H3,(H,28,32). The molecule has 192 valence electrons. The highest BCUT2D eigenvalue weighted by Gasteiger charge is 2.23. The summed E-state index contributed by atoms with van der Waals surface area (Å²) in [5, 5.41) is 14.2. The minimum atomic E-state index is -0.499. The number of amides is 1. The Balaban J connectivity index is 1.40. The van der Waals surface area contributed by atoms with E-state index < -0.39 is 5.97 Å². The molecule has 0 saturated heterocycles. The van der Waals surface area contributed by atoms with Gasteiger partial charge in [0.2, 0.25) is 5.91 Å². The number of ether oxygens (including phenoxy) is 2. The van der Waals surface area contributed by atoms with Crippen molar-refractivity contribution >= 4 is 40.0 Å². The quantitative estimate of drug-likeness (QED) is 0.221. The number of aryl methyl sites for hydroxylation is 3. The van der Waals surface area contributed by atoms with Gasteiger partial charge in [-0.3, -0.25) is 4.79 Å². The Kier molecular flexibility index (Phi) is 8.30. The number of thiophene rings is 1. The van der Waals surface area contributed by atoms with Gasteiger partial charge in [0.1, 0.15) is 22.9 Å². The number of benzene rings is 2. The fourth-order valence-corrected chi connectivity index (χ4v) is 5.30. The second-order valence-corrected chi connectivity index (χ2v) is 10.4. The van der Waals surface area contributed by atoms with E-state index in [9.17, 15) is 9.59 Å². The zero-order chi connectivity index (χ0) is 26.5. The van der Waals surface area contributed by atoms with Gasteiger partial charge in [0.15, 0.2) is 11.0 Å². The minimum absolute atomic E-state index is 0.0994. The first-order chi connectivity index (χ1) is 17.8. The third-order valence-electron chi connectivity index (χ3n) is 5.75. The number of methoxy groups -OCH3 is 1. The molecule has 4 aromatic rings. The zero-order valence-electron chi connectivity index (χ0n) is 21.3. The van der Waals surface area contributed by atoms with Crippen LogP contribution in [0.5, 0.6) is 5.75 Å². The second kappa shape index (κ2) is 11.6. The van der Waals surface area contributed by atoms with E-state index in [1.165, 1.54) is 30.2 Å². The van der Waals surface area contributed by atoms with E-state index in [2.05, 4.69) is 15.5 Å². The van der Waals surface area contributed by atoms with Crippen molar-refractivity contribution in [3.05, 3.63) is 75.9 Å². The normalized spacial score (nSPS) is 10.8. The van der Waals surface area contributed by atoms with Crippen LogP contribution in [0.1, 0.15) is 32.9 Å². The number of anilines is 1. The smallest absolute Gasteiger partial charge is 0.341 e. The van der Waals surface area contributed by atoms with E-state index in [1.54, 1.807) is 0 Å². The van der Waals surface area contributed by atoms with Gasteiger partial charge in [-0.25, -0.2) is 4.79 Å².